The molecule has 0 aliphatic heterocycles. The number of guanidine groups is 1. The van der Waals surface area contributed by atoms with Crippen LogP contribution in [0.5, 0.6) is 0 Å². The summed E-state index contributed by atoms with van der Waals surface area (Å²) in [4.78, 5) is 4.22. The highest BCUT2D eigenvalue weighted by Crippen LogP contribution is 2.01. The average molecular weight is 389 g/mol. The SMILES string of the molecule is CCCCCNC(=NC)NCCCc1ccccc1.I. The number of nitrogens with one attached hydrogen (secondary N) is 2. The van der Waals surface area contributed by atoms with Crippen molar-refractivity contribution in [3.8, 4) is 0 Å². The van der Waals surface area contributed by atoms with Crippen LogP contribution >= 0.6 is 24.0 Å². The van der Waals surface area contributed by atoms with Crippen LogP contribution in [0.1, 0.15) is 38.2 Å². The molecule has 0 fully saturated rings. The summed E-state index contributed by atoms with van der Waals surface area (Å²) in [7, 11) is 1.83. The van der Waals surface area contributed by atoms with Crippen LogP contribution in [-0.4, -0.2) is 26.1 Å². The Hall–Kier alpha value is -0.780. The second-order valence-electron chi connectivity index (χ2n) is 4.72. The van der Waals surface area contributed by atoms with E-state index in [0.717, 1.165) is 31.9 Å². The standard InChI is InChI=1S/C16H27N3.HI/c1-3-4-8-13-18-16(17-2)19-14-9-12-15-10-6-5-7-11-15;/h5-7,10-11H,3-4,8-9,12-14H2,1-2H3,(H2,17,18,19);1H. The molecule has 20 heavy (non-hydrogen) atoms. The molecule has 0 saturated carbocycles. The summed E-state index contributed by atoms with van der Waals surface area (Å²) in [6.45, 7) is 4.19. The Labute approximate surface area is 140 Å². The molecular weight excluding hydrogens is 361 g/mol. The summed E-state index contributed by atoms with van der Waals surface area (Å²) in [5, 5.41) is 6.70. The molecule has 0 aliphatic rings. The van der Waals surface area contributed by atoms with E-state index in [1.54, 1.807) is 0 Å². The third-order valence-electron chi connectivity index (χ3n) is 3.07. The topological polar surface area (TPSA) is 36.4 Å². The van der Waals surface area contributed by atoms with E-state index in [1.807, 2.05) is 7.05 Å². The molecule has 114 valence electrons. The molecule has 3 nitrogen and oxygen atoms in total. The van der Waals surface area contributed by atoms with Crippen molar-refractivity contribution in [2.45, 2.75) is 39.0 Å². The number of aryl methyl sites for hydroxylation is 1. The van der Waals surface area contributed by atoms with Crippen LogP contribution in [0.3, 0.4) is 0 Å². The fraction of sp³-hybridized carbons (Fsp3) is 0.562. The summed E-state index contributed by atoms with van der Waals surface area (Å²) in [6.07, 6.45) is 5.98. The third kappa shape index (κ3) is 9.18. The lowest BCUT2D eigenvalue weighted by Crippen LogP contribution is -2.38. The fourth-order valence-corrected chi connectivity index (χ4v) is 1.95. The van der Waals surface area contributed by atoms with Crippen LogP contribution in [0.15, 0.2) is 35.3 Å². The predicted octanol–water partition coefficient (Wildman–Crippen LogP) is 3.59. The maximum Gasteiger partial charge on any atom is 0.190 e. The van der Waals surface area contributed by atoms with Crippen LogP contribution in [0, 0.1) is 0 Å². The molecule has 0 unspecified atom stereocenters. The van der Waals surface area contributed by atoms with Gasteiger partial charge in [-0.1, -0.05) is 50.1 Å². The van der Waals surface area contributed by atoms with Crippen molar-refractivity contribution in [2.24, 2.45) is 4.99 Å². The van der Waals surface area contributed by atoms with Gasteiger partial charge >= 0.3 is 0 Å². The molecule has 0 radical (unpaired) electrons. The van der Waals surface area contributed by atoms with E-state index in [2.05, 4.69) is 52.9 Å². The Bertz CT molecular complexity index is 352. The zero-order chi connectivity index (χ0) is 13.8. The highest BCUT2D eigenvalue weighted by atomic mass is 127. The van der Waals surface area contributed by atoms with Crippen molar-refractivity contribution in [3.63, 3.8) is 0 Å². The van der Waals surface area contributed by atoms with Gasteiger partial charge in [0.25, 0.3) is 0 Å². The molecular formula is C16H28IN3. The van der Waals surface area contributed by atoms with E-state index in [1.165, 1.54) is 24.8 Å². The Morgan fingerprint density at radius 2 is 1.65 bits per heavy atom. The van der Waals surface area contributed by atoms with E-state index in [9.17, 15) is 0 Å². The second-order valence-corrected chi connectivity index (χ2v) is 4.72. The minimum atomic E-state index is 0. The maximum atomic E-state index is 4.22. The number of nitrogens with zero attached hydrogens (tertiary/aromatic N) is 1. The van der Waals surface area contributed by atoms with Gasteiger partial charge in [-0.15, -0.1) is 24.0 Å². The van der Waals surface area contributed by atoms with Gasteiger partial charge in [-0.3, -0.25) is 4.99 Å². The van der Waals surface area contributed by atoms with Gasteiger partial charge < -0.3 is 10.6 Å². The summed E-state index contributed by atoms with van der Waals surface area (Å²) in [5.41, 5.74) is 1.40. The fourth-order valence-electron chi connectivity index (χ4n) is 1.95. The first-order valence-corrected chi connectivity index (χ1v) is 7.35. The molecule has 1 aromatic rings. The lowest BCUT2D eigenvalue weighted by Gasteiger charge is -2.11. The smallest absolute Gasteiger partial charge is 0.190 e. The predicted molar refractivity (Wildman–Crippen MR) is 99.1 cm³/mol. The lowest BCUT2D eigenvalue weighted by molar-refractivity contribution is 0.677. The first kappa shape index (κ1) is 19.2. The normalized spacial score (nSPS) is 10.8. The van der Waals surface area contributed by atoms with Crippen molar-refractivity contribution >= 4 is 29.9 Å². The Kier molecular flexibility index (Phi) is 12.7. The van der Waals surface area contributed by atoms with E-state index < -0.39 is 0 Å². The van der Waals surface area contributed by atoms with Crippen molar-refractivity contribution < 1.29 is 0 Å². The molecule has 4 heteroatoms. The molecule has 1 aromatic carbocycles. The number of rotatable bonds is 8. The molecule has 2 N–H and O–H groups in total. The monoisotopic (exact) mass is 389 g/mol. The van der Waals surface area contributed by atoms with Crippen LogP contribution < -0.4 is 10.6 Å². The van der Waals surface area contributed by atoms with Crippen molar-refractivity contribution in [3.05, 3.63) is 35.9 Å². The molecule has 0 aromatic heterocycles. The van der Waals surface area contributed by atoms with Crippen molar-refractivity contribution in [1.29, 1.82) is 0 Å². The quantitative estimate of drug-likeness (QED) is 0.309. The highest BCUT2D eigenvalue weighted by Gasteiger charge is 1.96. The Balaban J connectivity index is 0.00000361. The van der Waals surface area contributed by atoms with Crippen molar-refractivity contribution in [1.82, 2.24) is 10.6 Å². The van der Waals surface area contributed by atoms with Crippen molar-refractivity contribution in [2.75, 3.05) is 20.1 Å². The van der Waals surface area contributed by atoms with Crippen LogP contribution in [0.2, 0.25) is 0 Å². The average Bonchev–Trinajstić information content (AvgIpc) is 2.46. The number of unbranched alkanes of at least 4 members (excludes halogenated alkanes) is 2. The van der Waals surface area contributed by atoms with Gasteiger partial charge in [0.05, 0.1) is 0 Å². The van der Waals surface area contributed by atoms with Gasteiger partial charge in [0, 0.05) is 20.1 Å². The third-order valence-corrected chi connectivity index (χ3v) is 3.07. The summed E-state index contributed by atoms with van der Waals surface area (Å²) < 4.78 is 0. The maximum absolute atomic E-state index is 4.22. The van der Waals surface area contributed by atoms with Gasteiger partial charge in [-0.2, -0.15) is 0 Å². The first-order chi connectivity index (χ1) is 9.36. The van der Waals surface area contributed by atoms with E-state index in [0.29, 0.717) is 0 Å². The van der Waals surface area contributed by atoms with Crippen LogP contribution in [0.4, 0.5) is 0 Å². The second kappa shape index (κ2) is 13.2. The van der Waals surface area contributed by atoms with Crippen LogP contribution in [0.25, 0.3) is 0 Å². The molecule has 0 bridgehead atoms. The number of hydrogen-bond acceptors (Lipinski definition) is 1. The Morgan fingerprint density at radius 3 is 2.25 bits per heavy atom. The van der Waals surface area contributed by atoms with E-state index in [-0.39, 0.29) is 24.0 Å². The molecule has 1 rings (SSSR count). The number of benzene rings is 1. The first-order valence-electron chi connectivity index (χ1n) is 7.35. The van der Waals surface area contributed by atoms with Gasteiger partial charge in [0.1, 0.15) is 0 Å². The number of halogens is 1. The molecule has 0 spiro atoms. The summed E-state index contributed by atoms with van der Waals surface area (Å²) in [5.74, 6) is 0.921. The molecule has 0 saturated heterocycles. The minimum absolute atomic E-state index is 0. The van der Waals surface area contributed by atoms with Gasteiger partial charge in [-0.05, 0) is 24.8 Å². The minimum Gasteiger partial charge on any atom is -0.356 e. The largest absolute Gasteiger partial charge is 0.356 e. The molecule has 0 heterocycles. The van der Waals surface area contributed by atoms with Crippen LogP contribution in [-0.2, 0) is 6.42 Å². The lowest BCUT2D eigenvalue weighted by atomic mass is 10.1. The summed E-state index contributed by atoms with van der Waals surface area (Å²) in [6, 6.07) is 10.6. The zero-order valence-corrected chi connectivity index (χ0v) is 15.0. The molecule has 0 atom stereocenters. The van der Waals surface area contributed by atoms with Gasteiger partial charge in [-0.25, -0.2) is 0 Å². The van der Waals surface area contributed by atoms with E-state index in [4.69, 9.17) is 0 Å². The number of aliphatic imine (C=N–C) groups is 1. The van der Waals surface area contributed by atoms with Gasteiger partial charge in [0.15, 0.2) is 5.96 Å². The number of hydrogen-bond donors (Lipinski definition) is 2. The zero-order valence-electron chi connectivity index (χ0n) is 12.7. The highest BCUT2D eigenvalue weighted by molar-refractivity contribution is 14.0. The van der Waals surface area contributed by atoms with Gasteiger partial charge in [0.2, 0.25) is 0 Å². The Morgan fingerprint density at radius 1 is 1.00 bits per heavy atom. The summed E-state index contributed by atoms with van der Waals surface area (Å²) >= 11 is 0. The molecule has 0 amide bonds. The van der Waals surface area contributed by atoms with E-state index >= 15 is 0 Å². The molecule has 0 aliphatic carbocycles.